The fraction of sp³-hybridized carbons (Fsp3) is 0.400. The van der Waals surface area contributed by atoms with E-state index in [-0.39, 0.29) is 11.7 Å². The normalized spacial score (nSPS) is 20.5. The molecule has 0 bridgehead atoms. The van der Waals surface area contributed by atoms with E-state index in [1.165, 1.54) is 18.9 Å². The van der Waals surface area contributed by atoms with Gasteiger partial charge in [0.15, 0.2) is 0 Å². The summed E-state index contributed by atoms with van der Waals surface area (Å²) in [7, 11) is 0. The summed E-state index contributed by atoms with van der Waals surface area (Å²) < 4.78 is 14.0. The fourth-order valence-corrected chi connectivity index (χ4v) is 3.88. The van der Waals surface area contributed by atoms with Crippen molar-refractivity contribution in [2.24, 2.45) is 0 Å². The first kappa shape index (κ1) is 17.0. The van der Waals surface area contributed by atoms with Gasteiger partial charge in [-0.1, -0.05) is 18.6 Å². The molecule has 1 atom stereocenters. The molecule has 3 heterocycles. The molecule has 1 N–H and O–H groups in total. The van der Waals surface area contributed by atoms with Crippen LogP contribution in [0.15, 0.2) is 42.6 Å². The van der Waals surface area contributed by atoms with E-state index in [0.717, 1.165) is 32.6 Å². The summed E-state index contributed by atoms with van der Waals surface area (Å²) in [6, 6.07) is 10.4. The summed E-state index contributed by atoms with van der Waals surface area (Å²) in [5, 5.41) is 2.97. The Kier molecular flexibility index (Phi) is 4.84. The number of nitrogens with one attached hydrogen (secondary N) is 1. The summed E-state index contributed by atoms with van der Waals surface area (Å²) in [5.74, 6) is -0.0109. The number of piperidine rings is 1. The molecule has 4 rings (SSSR count). The number of carbonyl (C=O) groups excluding carboxylic acids is 1. The van der Waals surface area contributed by atoms with E-state index in [0.29, 0.717) is 23.1 Å². The van der Waals surface area contributed by atoms with Crippen molar-refractivity contribution in [2.45, 2.75) is 25.3 Å². The number of carbonyl (C=O) groups is 1. The topological polar surface area (TPSA) is 48.5 Å². The zero-order chi connectivity index (χ0) is 17.9. The fourth-order valence-electron chi connectivity index (χ4n) is 3.88. The smallest absolute Gasteiger partial charge is 0.257 e. The molecule has 0 aliphatic carbocycles. The molecule has 2 aliphatic rings. The maximum Gasteiger partial charge on any atom is 0.257 e. The highest BCUT2D eigenvalue weighted by atomic mass is 19.1. The predicted molar refractivity (Wildman–Crippen MR) is 99.0 cm³/mol. The molecular weight excluding hydrogens is 331 g/mol. The Balaban J connectivity index is 1.54. The van der Waals surface area contributed by atoms with Crippen LogP contribution in [0.3, 0.4) is 0 Å². The highest BCUT2D eigenvalue weighted by Gasteiger charge is 2.32. The second-order valence-corrected chi connectivity index (χ2v) is 6.94. The Labute approximate surface area is 152 Å². The number of piperazine rings is 1. The number of hydrogen-bond donors (Lipinski definition) is 1. The van der Waals surface area contributed by atoms with Crippen LogP contribution in [0.25, 0.3) is 0 Å². The van der Waals surface area contributed by atoms with E-state index in [2.05, 4.69) is 15.2 Å². The Bertz CT molecular complexity index is 797. The van der Waals surface area contributed by atoms with Crippen molar-refractivity contribution in [1.82, 2.24) is 14.8 Å². The van der Waals surface area contributed by atoms with Crippen LogP contribution in [0.2, 0.25) is 0 Å². The Morgan fingerprint density at radius 3 is 2.88 bits per heavy atom. The molecule has 0 saturated carbocycles. The van der Waals surface area contributed by atoms with E-state index < -0.39 is 0 Å². The van der Waals surface area contributed by atoms with Gasteiger partial charge in [0, 0.05) is 31.9 Å². The minimum atomic E-state index is -0.368. The van der Waals surface area contributed by atoms with E-state index in [4.69, 9.17) is 0 Å². The second kappa shape index (κ2) is 7.41. The molecular formula is C20H23FN4O. The van der Waals surface area contributed by atoms with Crippen LogP contribution in [0, 0.1) is 5.82 Å². The number of halogens is 1. The molecule has 2 fully saturated rings. The molecule has 1 aromatic carbocycles. The van der Waals surface area contributed by atoms with E-state index >= 15 is 0 Å². The highest BCUT2D eigenvalue weighted by molar-refractivity contribution is 5.99. The van der Waals surface area contributed by atoms with Gasteiger partial charge in [0.05, 0.1) is 11.3 Å². The van der Waals surface area contributed by atoms with Crippen molar-refractivity contribution in [3.05, 3.63) is 54.0 Å². The summed E-state index contributed by atoms with van der Waals surface area (Å²) in [6.45, 7) is 3.54. The van der Waals surface area contributed by atoms with Gasteiger partial charge >= 0.3 is 0 Å². The lowest BCUT2D eigenvalue weighted by atomic mass is 9.99. The van der Waals surface area contributed by atoms with Crippen LogP contribution in [0.4, 0.5) is 15.9 Å². The van der Waals surface area contributed by atoms with Gasteiger partial charge in [0.1, 0.15) is 11.6 Å². The molecule has 6 heteroatoms. The lowest BCUT2D eigenvalue weighted by molar-refractivity contribution is 0.0373. The van der Waals surface area contributed by atoms with Crippen molar-refractivity contribution < 1.29 is 9.18 Å². The van der Waals surface area contributed by atoms with E-state index in [1.54, 1.807) is 36.5 Å². The van der Waals surface area contributed by atoms with Crippen molar-refractivity contribution in [2.75, 3.05) is 31.5 Å². The third-order valence-corrected chi connectivity index (χ3v) is 5.29. The summed E-state index contributed by atoms with van der Waals surface area (Å²) in [5.41, 5.74) is 0.803. The first-order valence-corrected chi connectivity index (χ1v) is 9.22. The van der Waals surface area contributed by atoms with Gasteiger partial charge in [0.2, 0.25) is 0 Å². The average molecular weight is 354 g/mol. The van der Waals surface area contributed by atoms with Crippen LogP contribution < -0.4 is 5.32 Å². The van der Waals surface area contributed by atoms with Crippen LogP contribution >= 0.6 is 0 Å². The van der Waals surface area contributed by atoms with E-state index in [9.17, 15) is 9.18 Å². The van der Waals surface area contributed by atoms with Crippen LogP contribution in [0.1, 0.15) is 29.6 Å². The van der Waals surface area contributed by atoms with Crippen LogP contribution in [-0.4, -0.2) is 52.9 Å². The lowest BCUT2D eigenvalue weighted by Crippen LogP contribution is -2.56. The van der Waals surface area contributed by atoms with Crippen molar-refractivity contribution >= 4 is 17.4 Å². The zero-order valence-electron chi connectivity index (χ0n) is 14.7. The minimum Gasteiger partial charge on any atom is -0.337 e. The molecule has 26 heavy (non-hydrogen) atoms. The van der Waals surface area contributed by atoms with Crippen LogP contribution in [-0.2, 0) is 0 Å². The highest BCUT2D eigenvalue weighted by Crippen LogP contribution is 2.25. The summed E-state index contributed by atoms with van der Waals surface area (Å²) in [6.07, 6.45) is 5.25. The SMILES string of the molecule is O=C(c1cccnc1Nc1ccccc1F)N1CCN2CCCCC2C1. The maximum absolute atomic E-state index is 14.0. The molecule has 2 aromatic rings. The number of hydrogen-bond acceptors (Lipinski definition) is 4. The molecule has 0 radical (unpaired) electrons. The number of amides is 1. The van der Waals surface area contributed by atoms with E-state index in [1.807, 2.05) is 4.90 Å². The molecule has 5 nitrogen and oxygen atoms in total. The molecule has 1 aromatic heterocycles. The number of anilines is 2. The van der Waals surface area contributed by atoms with Gasteiger partial charge in [0.25, 0.3) is 5.91 Å². The van der Waals surface area contributed by atoms with Gasteiger partial charge in [-0.15, -0.1) is 0 Å². The van der Waals surface area contributed by atoms with Gasteiger partial charge in [-0.2, -0.15) is 0 Å². The predicted octanol–water partition coefficient (Wildman–Crippen LogP) is 3.27. The number of aromatic nitrogens is 1. The number of benzene rings is 1. The minimum absolute atomic E-state index is 0.0397. The van der Waals surface area contributed by atoms with Gasteiger partial charge in [-0.3, -0.25) is 9.69 Å². The standard InChI is InChI=1S/C20H23FN4O/c21-17-8-1-2-9-18(17)23-19-16(7-5-10-22-19)20(26)25-13-12-24-11-4-3-6-15(24)14-25/h1-2,5,7-10,15H,3-4,6,11-14H2,(H,22,23). The molecule has 2 aliphatic heterocycles. The third-order valence-electron chi connectivity index (χ3n) is 5.29. The average Bonchev–Trinajstić information content (AvgIpc) is 2.69. The van der Waals surface area contributed by atoms with Gasteiger partial charge < -0.3 is 10.2 Å². The largest absolute Gasteiger partial charge is 0.337 e. The molecule has 0 spiro atoms. The Morgan fingerprint density at radius 2 is 2.00 bits per heavy atom. The number of rotatable bonds is 3. The summed E-state index contributed by atoms with van der Waals surface area (Å²) >= 11 is 0. The first-order valence-electron chi connectivity index (χ1n) is 9.22. The molecule has 2 saturated heterocycles. The number of fused-ring (bicyclic) bond motifs is 1. The maximum atomic E-state index is 14.0. The van der Waals surface area contributed by atoms with Crippen LogP contribution in [0.5, 0.6) is 0 Å². The Hall–Kier alpha value is -2.47. The first-order chi connectivity index (χ1) is 12.7. The van der Waals surface area contributed by atoms with Crippen molar-refractivity contribution in [3.63, 3.8) is 0 Å². The van der Waals surface area contributed by atoms with Gasteiger partial charge in [-0.05, 0) is 43.7 Å². The zero-order valence-corrected chi connectivity index (χ0v) is 14.7. The number of para-hydroxylation sites is 1. The molecule has 1 amide bonds. The quantitative estimate of drug-likeness (QED) is 0.919. The lowest BCUT2D eigenvalue weighted by Gasteiger charge is -2.44. The summed E-state index contributed by atoms with van der Waals surface area (Å²) in [4.78, 5) is 21.8. The van der Waals surface area contributed by atoms with Crippen molar-refractivity contribution in [3.8, 4) is 0 Å². The Morgan fingerprint density at radius 1 is 1.12 bits per heavy atom. The van der Waals surface area contributed by atoms with Gasteiger partial charge in [-0.25, -0.2) is 9.37 Å². The van der Waals surface area contributed by atoms with Crippen molar-refractivity contribution in [1.29, 1.82) is 0 Å². The molecule has 136 valence electrons. The second-order valence-electron chi connectivity index (χ2n) is 6.94. The number of pyridine rings is 1. The molecule has 1 unspecified atom stereocenters. The number of nitrogens with zero attached hydrogens (tertiary/aromatic N) is 3. The monoisotopic (exact) mass is 354 g/mol. The third kappa shape index (κ3) is 3.42.